The van der Waals surface area contributed by atoms with Gasteiger partial charge in [-0.2, -0.15) is 26.3 Å². The molecule has 476 valence electrons. The van der Waals surface area contributed by atoms with Crippen LogP contribution in [-0.2, 0) is 0 Å². The van der Waals surface area contributed by atoms with E-state index in [1.54, 1.807) is 34.6 Å². The third kappa shape index (κ3) is 18.7. The van der Waals surface area contributed by atoms with Crippen LogP contribution in [0.2, 0.25) is 5.15 Å². The zero-order chi connectivity index (χ0) is 65.9. The van der Waals surface area contributed by atoms with Crippen LogP contribution >= 0.6 is 11.6 Å². The summed E-state index contributed by atoms with van der Waals surface area (Å²) < 4.78 is 143. The maximum atomic E-state index is 14.7. The van der Waals surface area contributed by atoms with Crippen LogP contribution in [0, 0.1) is 23.3 Å². The quantitative estimate of drug-likeness (QED) is 0.0534. The van der Waals surface area contributed by atoms with Gasteiger partial charge in [-0.05, 0) is 117 Å². The van der Waals surface area contributed by atoms with E-state index in [1.807, 2.05) is 0 Å². The first-order valence-corrected chi connectivity index (χ1v) is 27.7. The number of nitrogens with one attached hydrogen (secondary N) is 3. The number of benzene rings is 4. The summed E-state index contributed by atoms with van der Waals surface area (Å²) in [7, 11) is 0. The molecule has 29 heteroatoms. The SMILES string of the molecule is CC(C)(C)O.CCN(C(C)C)C(C)C.C[C@H](N)c1nc2cccc(F)c2c(=O)n1-c1cccc(OCC(F)(F)F)c1.C[C@H](Nc1ncnc2[nH]cc(F)c12)c1nc2cccc(F)c2c(=O)n1-c1cccc(OCC(F)(F)F)c1.Fc1c[nH]c2ncnc(Cl)c12. The molecule has 0 aliphatic heterocycles. The Kier molecular flexibility index (Phi) is 23.0. The number of rotatable bonds is 13. The van der Waals surface area contributed by atoms with E-state index in [0.29, 0.717) is 17.7 Å². The monoisotopic (exact) mass is 1270 g/mol. The van der Waals surface area contributed by atoms with E-state index < -0.39 is 77.6 Å². The van der Waals surface area contributed by atoms with Crippen LogP contribution < -0.4 is 31.6 Å². The molecule has 0 spiro atoms. The molecule has 0 unspecified atom stereocenters. The first-order valence-electron chi connectivity index (χ1n) is 27.3. The molecule has 6 heterocycles. The number of aliphatic hydroxyl groups is 1. The molecular weight excluding hydrogens is 1210 g/mol. The van der Waals surface area contributed by atoms with Crippen LogP contribution in [0.25, 0.3) is 55.2 Å². The molecule has 2 atom stereocenters. The highest BCUT2D eigenvalue weighted by molar-refractivity contribution is 6.33. The molecule has 89 heavy (non-hydrogen) atoms. The molecule has 0 amide bonds. The molecule has 0 bridgehead atoms. The van der Waals surface area contributed by atoms with Crippen molar-refractivity contribution in [1.29, 1.82) is 0 Å². The van der Waals surface area contributed by atoms with E-state index in [0.717, 1.165) is 34.0 Å². The predicted octanol–water partition coefficient (Wildman–Crippen LogP) is 13.2. The zero-order valence-corrected chi connectivity index (χ0v) is 50.4. The zero-order valence-electron chi connectivity index (χ0n) is 49.7. The first-order chi connectivity index (χ1) is 41.7. The van der Waals surface area contributed by atoms with Gasteiger partial charge >= 0.3 is 12.4 Å². The Morgan fingerprint density at radius 2 is 1.03 bits per heavy atom. The van der Waals surface area contributed by atoms with Gasteiger partial charge in [0.05, 0.1) is 50.9 Å². The van der Waals surface area contributed by atoms with Gasteiger partial charge in [-0.3, -0.25) is 23.6 Å². The fraction of sp³-hybridized carbons (Fsp3) is 0.333. The molecule has 0 aliphatic rings. The lowest BCUT2D eigenvalue weighted by Crippen LogP contribution is -2.36. The van der Waals surface area contributed by atoms with Gasteiger partial charge < -0.3 is 35.6 Å². The van der Waals surface area contributed by atoms with Gasteiger partial charge in [0.1, 0.15) is 80.5 Å². The lowest BCUT2D eigenvalue weighted by atomic mass is 10.2. The van der Waals surface area contributed by atoms with Crippen molar-refractivity contribution < 1.29 is 58.5 Å². The number of halogens is 11. The highest BCUT2D eigenvalue weighted by Gasteiger charge is 2.30. The highest BCUT2D eigenvalue weighted by atomic mass is 35.5. The maximum absolute atomic E-state index is 14.7. The minimum absolute atomic E-state index is 0.0648. The number of nitrogens with two attached hydrogens (primary N) is 1. The number of aromatic nitrogens is 10. The van der Waals surface area contributed by atoms with E-state index in [1.165, 1.54) is 91.6 Å². The van der Waals surface area contributed by atoms with E-state index in [9.17, 15) is 53.5 Å². The van der Waals surface area contributed by atoms with Crippen molar-refractivity contribution in [2.24, 2.45) is 5.73 Å². The van der Waals surface area contributed by atoms with E-state index >= 15 is 0 Å². The van der Waals surface area contributed by atoms with Gasteiger partial charge in [0.2, 0.25) is 0 Å². The summed E-state index contributed by atoms with van der Waals surface area (Å²) in [6, 6.07) is 18.7. The van der Waals surface area contributed by atoms with Gasteiger partial charge in [-0.1, -0.05) is 42.8 Å². The van der Waals surface area contributed by atoms with E-state index in [2.05, 4.69) is 84.7 Å². The summed E-state index contributed by atoms with van der Waals surface area (Å²) in [4.78, 5) is 58.4. The Morgan fingerprint density at radius 1 is 0.618 bits per heavy atom. The number of nitrogens with zero attached hydrogens (tertiary/aromatic N) is 9. The van der Waals surface area contributed by atoms with Crippen LogP contribution in [0.1, 0.15) is 93.0 Å². The van der Waals surface area contributed by atoms with E-state index in [4.69, 9.17) is 31.9 Å². The Bertz CT molecular complexity index is 4130. The molecule has 0 radical (unpaired) electrons. The number of hydrogen-bond acceptors (Lipinski definition) is 14. The second-order valence-corrected chi connectivity index (χ2v) is 21.6. The summed E-state index contributed by atoms with van der Waals surface area (Å²) in [6.45, 7) is 17.8. The van der Waals surface area contributed by atoms with Gasteiger partial charge in [0.15, 0.2) is 24.8 Å². The second kappa shape index (κ2) is 29.5. The van der Waals surface area contributed by atoms with Crippen molar-refractivity contribution in [1.82, 2.24) is 53.9 Å². The van der Waals surface area contributed by atoms with Crippen molar-refractivity contribution in [3.63, 3.8) is 0 Å². The second-order valence-electron chi connectivity index (χ2n) is 21.2. The molecule has 0 saturated carbocycles. The highest BCUT2D eigenvalue weighted by Crippen LogP contribution is 2.30. The fourth-order valence-electron chi connectivity index (χ4n) is 8.78. The normalized spacial score (nSPS) is 12.4. The average Bonchev–Trinajstić information content (AvgIpc) is 1.49. The van der Waals surface area contributed by atoms with Gasteiger partial charge in [-0.15, -0.1) is 0 Å². The van der Waals surface area contributed by atoms with E-state index in [-0.39, 0.29) is 83.7 Å². The summed E-state index contributed by atoms with van der Waals surface area (Å²) in [5, 5.41) is 11.4. The topological polar surface area (TPSA) is 233 Å². The van der Waals surface area contributed by atoms with Crippen molar-refractivity contribution in [2.75, 3.05) is 25.1 Å². The largest absolute Gasteiger partial charge is 0.484 e. The Balaban J connectivity index is 0.000000209. The molecule has 6 N–H and O–H groups in total. The number of alkyl halides is 6. The van der Waals surface area contributed by atoms with Gasteiger partial charge in [0.25, 0.3) is 11.1 Å². The number of aromatic amines is 2. The molecular formula is C60H64ClF10N13O5. The summed E-state index contributed by atoms with van der Waals surface area (Å²) in [5.74, 6) is -2.53. The van der Waals surface area contributed by atoms with Crippen LogP contribution in [0.5, 0.6) is 11.5 Å². The molecule has 0 fully saturated rings. The predicted molar refractivity (Wildman–Crippen MR) is 320 cm³/mol. The third-order valence-electron chi connectivity index (χ3n) is 12.3. The molecule has 18 nitrogen and oxygen atoms in total. The third-order valence-corrected chi connectivity index (χ3v) is 12.6. The van der Waals surface area contributed by atoms with Crippen molar-refractivity contribution >= 4 is 61.3 Å². The number of hydrogen-bond donors (Lipinski definition) is 5. The molecule has 6 aromatic heterocycles. The minimum Gasteiger partial charge on any atom is -0.484 e. The molecule has 0 saturated heterocycles. The fourth-order valence-corrected chi connectivity index (χ4v) is 9.01. The minimum atomic E-state index is -4.57. The molecule has 0 aliphatic carbocycles. The van der Waals surface area contributed by atoms with Gasteiger partial charge in [0, 0.05) is 36.6 Å². The lowest BCUT2D eigenvalue weighted by Gasteiger charge is -2.28. The summed E-state index contributed by atoms with van der Waals surface area (Å²) in [6.07, 6.45) is -4.26. The average molecular weight is 1270 g/mol. The van der Waals surface area contributed by atoms with Crippen molar-refractivity contribution in [2.45, 2.75) is 111 Å². The summed E-state index contributed by atoms with van der Waals surface area (Å²) in [5.41, 5.74) is 5.04. The molecule has 4 aromatic carbocycles. The Morgan fingerprint density at radius 3 is 1.45 bits per heavy atom. The summed E-state index contributed by atoms with van der Waals surface area (Å²) >= 11 is 5.59. The van der Waals surface area contributed by atoms with Crippen LogP contribution in [-0.4, -0.2) is 109 Å². The Hall–Kier alpha value is -8.73. The lowest BCUT2D eigenvalue weighted by molar-refractivity contribution is -0.154. The van der Waals surface area contributed by atoms with Crippen LogP contribution in [0.4, 0.5) is 49.7 Å². The van der Waals surface area contributed by atoms with Gasteiger partial charge in [-0.25, -0.2) is 47.5 Å². The number of anilines is 1. The Labute approximate surface area is 507 Å². The number of ether oxygens (including phenoxy) is 2. The first kappa shape index (κ1) is 69.4. The van der Waals surface area contributed by atoms with Crippen molar-refractivity contribution in [3.8, 4) is 22.9 Å². The number of fused-ring (bicyclic) bond motifs is 4. The van der Waals surface area contributed by atoms with Crippen LogP contribution in [0.3, 0.4) is 0 Å². The molecule has 10 aromatic rings. The standard InChI is InChI=1S/C24H17F5N6O2.C18H15F4N3O2.C8H19N.C6H3ClFN3.C4H10O/c1-12(33-21-19-16(26)9-30-20(19)31-11-32-21)22-34-17-7-3-6-15(25)18(17)23(36)35(22)13-4-2-5-14(8-13)37-10-24(27,28)29;1-10(23)16-24-14-7-3-6-13(19)15(14)17(26)25(16)11-4-2-5-12(8-11)27-9-18(20,21)22;1-6-9(7(2)3)8(4)5;7-5-4-3(8)1-9-6(4)11-2-10-5;1-4(2,3)5/h2-9,11-12H,10H2,1H3,(H2,30,31,32,33);2-8,10H,9,23H2,1H3;7-8H,6H2,1-5H3;1-2H,(H,9,10,11);5H,1-3H3/t12-;10-;;;/m00.../s1. The smallest absolute Gasteiger partial charge is 0.422 e. The van der Waals surface area contributed by atoms with Crippen LogP contribution in [0.15, 0.2) is 120 Å². The number of H-pyrrole nitrogens is 2. The molecule has 10 rings (SSSR count). The van der Waals surface area contributed by atoms with Crippen molar-refractivity contribution in [3.05, 3.63) is 171 Å². The maximum Gasteiger partial charge on any atom is 0.422 e.